The van der Waals surface area contributed by atoms with Crippen LogP contribution in [0.1, 0.15) is 29.8 Å². The molecule has 2 rings (SSSR count). The Balaban J connectivity index is 1.87. The number of carbonyl (C=O) groups is 1. The second-order valence-electron chi connectivity index (χ2n) is 6.45. The normalized spacial score (nSPS) is 17.9. The summed E-state index contributed by atoms with van der Waals surface area (Å²) in [5.41, 5.74) is 1.96. The first-order chi connectivity index (χ1) is 11.1. The van der Waals surface area contributed by atoms with E-state index >= 15 is 0 Å². The summed E-state index contributed by atoms with van der Waals surface area (Å²) in [6.07, 6.45) is 0. The van der Waals surface area contributed by atoms with Crippen LogP contribution in [0.25, 0.3) is 0 Å². The molecule has 5 nitrogen and oxygen atoms in total. The minimum atomic E-state index is 0.00924. The third-order valence-corrected chi connectivity index (χ3v) is 4.31. The lowest BCUT2D eigenvalue weighted by molar-refractivity contribution is 0.0950. The molecular weight excluding hydrogens is 288 g/mol. The molecule has 0 aromatic heterocycles. The summed E-state index contributed by atoms with van der Waals surface area (Å²) in [4.78, 5) is 17.1. The van der Waals surface area contributed by atoms with E-state index < -0.39 is 0 Å². The number of rotatable bonds is 7. The van der Waals surface area contributed by atoms with Crippen LogP contribution in [0.15, 0.2) is 24.3 Å². The van der Waals surface area contributed by atoms with Crippen LogP contribution in [0.5, 0.6) is 0 Å². The predicted octanol–water partition coefficient (Wildman–Crippen LogP) is 1.16. The fourth-order valence-corrected chi connectivity index (χ4v) is 2.84. The van der Waals surface area contributed by atoms with E-state index in [2.05, 4.69) is 47.4 Å². The molecule has 0 bridgehead atoms. The standard InChI is InChI=1S/C18H30N4O/c1-4-19-15(2)13-20-18(23)17-7-5-6-16(12-17)14-22-10-8-21(3)9-11-22/h5-7,12,15,19H,4,8-11,13-14H2,1-3H3,(H,20,23)/t15-/m1/s1. The Kier molecular flexibility index (Phi) is 7.02. The molecule has 0 spiro atoms. The smallest absolute Gasteiger partial charge is 0.251 e. The minimum Gasteiger partial charge on any atom is -0.350 e. The highest BCUT2D eigenvalue weighted by Crippen LogP contribution is 2.10. The van der Waals surface area contributed by atoms with Crippen molar-refractivity contribution >= 4 is 5.91 Å². The first-order valence-corrected chi connectivity index (χ1v) is 8.60. The van der Waals surface area contributed by atoms with Crippen LogP contribution in [-0.4, -0.2) is 68.1 Å². The molecular formula is C18H30N4O. The maximum atomic E-state index is 12.3. The lowest BCUT2D eigenvalue weighted by Crippen LogP contribution is -2.43. The molecule has 0 aliphatic carbocycles. The lowest BCUT2D eigenvalue weighted by atomic mass is 10.1. The summed E-state index contributed by atoms with van der Waals surface area (Å²) in [5.74, 6) is 0.00924. The Labute approximate surface area is 140 Å². The number of benzene rings is 1. The van der Waals surface area contributed by atoms with E-state index in [1.165, 1.54) is 5.56 Å². The van der Waals surface area contributed by atoms with Gasteiger partial charge in [0.05, 0.1) is 0 Å². The Morgan fingerprint density at radius 1 is 1.26 bits per heavy atom. The van der Waals surface area contributed by atoms with Gasteiger partial charge in [-0.1, -0.05) is 19.1 Å². The van der Waals surface area contributed by atoms with Gasteiger partial charge in [-0.25, -0.2) is 0 Å². The molecule has 1 fully saturated rings. The van der Waals surface area contributed by atoms with E-state index in [0.717, 1.165) is 44.8 Å². The van der Waals surface area contributed by atoms with Crippen molar-refractivity contribution in [3.8, 4) is 0 Å². The van der Waals surface area contributed by atoms with Gasteiger partial charge in [-0.15, -0.1) is 0 Å². The molecule has 1 aromatic carbocycles. The predicted molar refractivity (Wildman–Crippen MR) is 94.7 cm³/mol. The van der Waals surface area contributed by atoms with Gasteiger partial charge in [0.15, 0.2) is 0 Å². The molecule has 128 valence electrons. The number of likely N-dealkylation sites (N-methyl/N-ethyl adjacent to an activating group) is 2. The zero-order valence-electron chi connectivity index (χ0n) is 14.6. The number of amides is 1. The highest BCUT2D eigenvalue weighted by atomic mass is 16.1. The van der Waals surface area contributed by atoms with Gasteiger partial charge in [0, 0.05) is 50.9 Å². The second kappa shape index (κ2) is 9.01. The van der Waals surface area contributed by atoms with E-state index in [1.807, 2.05) is 18.2 Å². The van der Waals surface area contributed by atoms with Gasteiger partial charge in [0.2, 0.25) is 0 Å². The third kappa shape index (κ3) is 5.94. The van der Waals surface area contributed by atoms with Gasteiger partial charge in [-0.3, -0.25) is 9.69 Å². The van der Waals surface area contributed by atoms with Crippen molar-refractivity contribution < 1.29 is 4.79 Å². The number of carbonyl (C=O) groups excluding carboxylic acids is 1. The molecule has 1 heterocycles. The molecule has 1 aliphatic heterocycles. The molecule has 23 heavy (non-hydrogen) atoms. The number of nitrogens with one attached hydrogen (secondary N) is 2. The second-order valence-corrected chi connectivity index (χ2v) is 6.45. The molecule has 0 saturated carbocycles. The summed E-state index contributed by atoms with van der Waals surface area (Å²) in [6.45, 7) is 11.0. The maximum absolute atomic E-state index is 12.3. The average molecular weight is 318 g/mol. The van der Waals surface area contributed by atoms with Gasteiger partial charge < -0.3 is 15.5 Å². The summed E-state index contributed by atoms with van der Waals surface area (Å²) in [6, 6.07) is 8.29. The van der Waals surface area contributed by atoms with Crippen LogP contribution in [0.2, 0.25) is 0 Å². The number of nitrogens with zero attached hydrogens (tertiary/aromatic N) is 2. The molecule has 0 radical (unpaired) electrons. The average Bonchev–Trinajstić information content (AvgIpc) is 2.55. The third-order valence-electron chi connectivity index (χ3n) is 4.31. The maximum Gasteiger partial charge on any atom is 0.251 e. The SMILES string of the molecule is CCN[C@H](C)CNC(=O)c1cccc(CN2CCN(C)CC2)c1. The highest BCUT2D eigenvalue weighted by Gasteiger charge is 2.14. The van der Waals surface area contributed by atoms with E-state index in [4.69, 9.17) is 0 Å². The monoisotopic (exact) mass is 318 g/mol. The van der Waals surface area contributed by atoms with Crippen molar-refractivity contribution in [3.05, 3.63) is 35.4 Å². The van der Waals surface area contributed by atoms with E-state index in [0.29, 0.717) is 6.54 Å². The zero-order valence-corrected chi connectivity index (χ0v) is 14.6. The van der Waals surface area contributed by atoms with Crippen LogP contribution < -0.4 is 10.6 Å². The van der Waals surface area contributed by atoms with Gasteiger partial charge in [-0.2, -0.15) is 0 Å². The Morgan fingerprint density at radius 2 is 2.00 bits per heavy atom. The van der Waals surface area contributed by atoms with Crippen LogP contribution in [0.4, 0.5) is 0 Å². The summed E-state index contributed by atoms with van der Waals surface area (Å²) >= 11 is 0. The summed E-state index contributed by atoms with van der Waals surface area (Å²) in [5, 5.41) is 6.29. The van der Waals surface area contributed by atoms with Crippen LogP contribution in [0.3, 0.4) is 0 Å². The minimum absolute atomic E-state index is 0.00924. The van der Waals surface area contributed by atoms with Crippen molar-refractivity contribution in [2.75, 3.05) is 46.3 Å². The first kappa shape index (κ1) is 17.9. The van der Waals surface area contributed by atoms with Crippen LogP contribution >= 0.6 is 0 Å². The number of hydrogen-bond acceptors (Lipinski definition) is 4. The number of hydrogen-bond donors (Lipinski definition) is 2. The quantitative estimate of drug-likeness (QED) is 0.792. The van der Waals surface area contributed by atoms with E-state index in [-0.39, 0.29) is 11.9 Å². The Morgan fingerprint density at radius 3 is 2.70 bits per heavy atom. The van der Waals surface area contributed by atoms with Gasteiger partial charge in [0.25, 0.3) is 5.91 Å². The first-order valence-electron chi connectivity index (χ1n) is 8.60. The molecule has 2 N–H and O–H groups in total. The fourth-order valence-electron chi connectivity index (χ4n) is 2.84. The van der Waals surface area contributed by atoms with Crippen molar-refractivity contribution in [2.24, 2.45) is 0 Å². The molecule has 1 amide bonds. The molecule has 1 saturated heterocycles. The topological polar surface area (TPSA) is 47.6 Å². The molecule has 1 aliphatic rings. The fraction of sp³-hybridized carbons (Fsp3) is 0.611. The molecule has 1 aromatic rings. The van der Waals surface area contributed by atoms with Crippen LogP contribution in [0, 0.1) is 0 Å². The Bertz CT molecular complexity index is 498. The van der Waals surface area contributed by atoms with Crippen molar-refractivity contribution in [1.82, 2.24) is 20.4 Å². The van der Waals surface area contributed by atoms with Gasteiger partial charge in [0.1, 0.15) is 0 Å². The number of piperazine rings is 1. The molecule has 5 heteroatoms. The van der Waals surface area contributed by atoms with Crippen LogP contribution in [-0.2, 0) is 6.54 Å². The summed E-state index contributed by atoms with van der Waals surface area (Å²) < 4.78 is 0. The summed E-state index contributed by atoms with van der Waals surface area (Å²) in [7, 11) is 2.16. The van der Waals surface area contributed by atoms with E-state index in [1.54, 1.807) is 0 Å². The van der Waals surface area contributed by atoms with E-state index in [9.17, 15) is 4.79 Å². The van der Waals surface area contributed by atoms with Crippen molar-refractivity contribution in [1.29, 1.82) is 0 Å². The molecule has 1 atom stereocenters. The zero-order chi connectivity index (χ0) is 16.7. The highest BCUT2D eigenvalue weighted by molar-refractivity contribution is 5.94. The van der Waals surface area contributed by atoms with Crippen molar-refractivity contribution in [3.63, 3.8) is 0 Å². The lowest BCUT2D eigenvalue weighted by Gasteiger charge is -2.32. The largest absolute Gasteiger partial charge is 0.350 e. The van der Waals surface area contributed by atoms with Crippen molar-refractivity contribution in [2.45, 2.75) is 26.4 Å². The van der Waals surface area contributed by atoms with Gasteiger partial charge in [-0.05, 0) is 38.2 Å². The molecule has 0 unspecified atom stereocenters. The van der Waals surface area contributed by atoms with Gasteiger partial charge >= 0.3 is 0 Å². The Hall–Kier alpha value is -1.43.